The summed E-state index contributed by atoms with van der Waals surface area (Å²) < 4.78 is 6.07. The number of carbonyl (C=O) groups is 1. The lowest BCUT2D eigenvalue weighted by Gasteiger charge is -2.01. The van der Waals surface area contributed by atoms with Crippen LogP contribution in [0.25, 0.3) is 0 Å². The van der Waals surface area contributed by atoms with Crippen LogP contribution in [0.1, 0.15) is 22.1 Å². The molecule has 17 heavy (non-hydrogen) atoms. The summed E-state index contributed by atoms with van der Waals surface area (Å²) in [6, 6.07) is 3.40. The van der Waals surface area contributed by atoms with Crippen LogP contribution in [-0.2, 0) is 6.54 Å². The second-order valence-corrected chi connectivity index (χ2v) is 4.32. The van der Waals surface area contributed by atoms with E-state index in [2.05, 4.69) is 31.2 Å². The van der Waals surface area contributed by atoms with E-state index in [0.29, 0.717) is 11.6 Å². The molecule has 0 saturated heterocycles. The lowest BCUT2D eigenvalue weighted by atomic mass is 10.3. The fourth-order valence-electron chi connectivity index (χ4n) is 1.24. The van der Waals surface area contributed by atoms with Crippen molar-refractivity contribution in [2.24, 2.45) is 0 Å². The molecule has 0 fully saturated rings. The van der Waals surface area contributed by atoms with Gasteiger partial charge in [0.15, 0.2) is 0 Å². The SMILES string of the molecule is Cc1cnc(CNC(=O)c2ccc(Br)cn2)o1. The molecule has 2 aromatic heterocycles. The zero-order valence-corrected chi connectivity index (χ0v) is 10.7. The number of hydrogen-bond acceptors (Lipinski definition) is 4. The van der Waals surface area contributed by atoms with Crippen molar-refractivity contribution in [1.29, 1.82) is 0 Å². The summed E-state index contributed by atoms with van der Waals surface area (Å²) in [7, 11) is 0. The summed E-state index contributed by atoms with van der Waals surface area (Å²) in [4.78, 5) is 19.6. The minimum absolute atomic E-state index is 0.254. The van der Waals surface area contributed by atoms with E-state index in [1.54, 1.807) is 31.5 Å². The average Bonchev–Trinajstić information content (AvgIpc) is 2.73. The number of hydrogen-bond donors (Lipinski definition) is 1. The van der Waals surface area contributed by atoms with Gasteiger partial charge in [-0.25, -0.2) is 9.97 Å². The molecule has 0 aromatic carbocycles. The van der Waals surface area contributed by atoms with E-state index in [1.165, 1.54) is 0 Å². The van der Waals surface area contributed by atoms with Gasteiger partial charge in [-0.2, -0.15) is 0 Å². The Morgan fingerprint density at radius 3 is 2.82 bits per heavy atom. The van der Waals surface area contributed by atoms with Crippen LogP contribution in [0.5, 0.6) is 0 Å². The summed E-state index contributed by atoms with van der Waals surface area (Å²) in [5.74, 6) is 0.942. The molecule has 0 unspecified atom stereocenters. The van der Waals surface area contributed by atoms with E-state index >= 15 is 0 Å². The van der Waals surface area contributed by atoms with Crippen molar-refractivity contribution in [3.63, 3.8) is 0 Å². The van der Waals surface area contributed by atoms with Crippen molar-refractivity contribution in [3.8, 4) is 0 Å². The molecule has 0 bridgehead atoms. The summed E-state index contributed by atoms with van der Waals surface area (Å²) in [5.41, 5.74) is 0.358. The zero-order valence-electron chi connectivity index (χ0n) is 9.11. The van der Waals surface area contributed by atoms with Crippen LogP contribution < -0.4 is 5.32 Å². The van der Waals surface area contributed by atoms with Crippen molar-refractivity contribution < 1.29 is 9.21 Å². The molecule has 1 N–H and O–H groups in total. The molecule has 0 aliphatic heterocycles. The van der Waals surface area contributed by atoms with E-state index in [-0.39, 0.29) is 12.5 Å². The topological polar surface area (TPSA) is 68.0 Å². The first kappa shape index (κ1) is 11.8. The molecule has 88 valence electrons. The molecule has 2 aromatic rings. The fourth-order valence-corrected chi connectivity index (χ4v) is 1.47. The Hall–Kier alpha value is -1.69. The highest BCUT2D eigenvalue weighted by Gasteiger charge is 2.08. The molecule has 5 nitrogen and oxygen atoms in total. The number of rotatable bonds is 3. The monoisotopic (exact) mass is 295 g/mol. The molecule has 2 heterocycles. The van der Waals surface area contributed by atoms with Gasteiger partial charge in [-0.3, -0.25) is 4.79 Å². The second-order valence-electron chi connectivity index (χ2n) is 3.41. The van der Waals surface area contributed by atoms with Gasteiger partial charge in [-0.05, 0) is 35.0 Å². The van der Waals surface area contributed by atoms with Gasteiger partial charge in [0.2, 0.25) is 5.89 Å². The van der Waals surface area contributed by atoms with Gasteiger partial charge < -0.3 is 9.73 Å². The fraction of sp³-hybridized carbons (Fsp3) is 0.182. The maximum Gasteiger partial charge on any atom is 0.270 e. The first-order valence-corrected chi connectivity index (χ1v) is 5.75. The molecular formula is C11H10BrN3O2. The van der Waals surface area contributed by atoms with Gasteiger partial charge in [0.25, 0.3) is 5.91 Å². The third-order valence-electron chi connectivity index (χ3n) is 2.03. The smallest absolute Gasteiger partial charge is 0.270 e. The van der Waals surface area contributed by atoms with Crippen LogP contribution >= 0.6 is 15.9 Å². The predicted octanol–water partition coefficient (Wildman–Crippen LogP) is 2.07. The summed E-state index contributed by atoms with van der Waals surface area (Å²) >= 11 is 3.25. The third-order valence-corrected chi connectivity index (χ3v) is 2.50. The normalized spacial score (nSPS) is 10.2. The zero-order chi connectivity index (χ0) is 12.3. The van der Waals surface area contributed by atoms with E-state index < -0.39 is 0 Å². The van der Waals surface area contributed by atoms with Crippen molar-refractivity contribution in [2.75, 3.05) is 0 Å². The molecule has 1 amide bonds. The number of carbonyl (C=O) groups excluding carboxylic acids is 1. The van der Waals surface area contributed by atoms with Gasteiger partial charge in [0, 0.05) is 10.7 Å². The Balaban J connectivity index is 1.95. The minimum atomic E-state index is -0.256. The molecule has 0 aliphatic rings. The van der Waals surface area contributed by atoms with Crippen LogP contribution in [-0.4, -0.2) is 15.9 Å². The van der Waals surface area contributed by atoms with Gasteiger partial charge in [-0.1, -0.05) is 0 Å². The molecule has 0 aliphatic carbocycles. The lowest BCUT2D eigenvalue weighted by molar-refractivity contribution is 0.0942. The Labute approximate surface area is 106 Å². The third kappa shape index (κ3) is 3.13. The van der Waals surface area contributed by atoms with Gasteiger partial charge in [-0.15, -0.1) is 0 Å². The quantitative estimate of drug-likeness (QED) is 0.941. The van der Waals surface area contributed by atoms with Gasteiger partial charge in [0.05, 0.1) is 12.7 Å². The van der Waals surface area contributed by atoms with E-state index in [4.69, 9.17) is 4.42 Å². The van der Waals surface area contributed by atoms with Crippen molar-refractivity contribution in [2.45, 2.75) is 13.5 Å². The molecule has 6 heteroatoms. The molecular weight excluding hydrogens is 286 g/mol. The van der Waals surface area contributed by atoms with Crippen molar-refractivity contribution in [1.82, 2.24) is 15.3 Å². The Kier molecular flexibility index (Phi) is 3.53. The highest BCUT2D eigenvalue weighted by Crippen LogP contribution is 2.07. The van der Waals surface area contributed by atoms with Crippen molar-refractivity contribution in [3.05, 3.63) is 46.3 Å². The Morgan fingerprint density at radius 1 is 1.41 bits per heavy atom. The van der Waals surface area contributed by atoms with Crippen molar-refractivity contribution >= 4 is 21.8 Å². The number of amides is 1. The first-order valence-electron chi connectivity index (χ1n) is 4.96. The minimum Gasteiger partial charge on any atom is -0.444 e. The van der Waals surface area contributed by atoms with Crippen LogP contribution in [0.2, 0.25) is 0 Å². The second kappa shape index (κ2) is 5.09. The van der Waals surface area contributed by atoms with Gasteiger partial charge >= 0.3 is 0 Å². The highest BCUT2D eigenvalue weighted by molar-refractivity contribution is 9.10. The largest absolute Gasteiger partial charge is 0.444 e. The van der Waals surface area contributed by atoms with E-state index in [9.17, 15) is 4.79 Å². The summed E-state index contributed by atoms with van der Waals surface area (Å²) in [6.07, 6.45) is 3.18. The molecule has 2 rings (SSSR count). The predicted molar refractivity (Wildman–Crippen MR) is 64.3 cm³/mol. The van der Waals surface area contributed by atoms with Crippen LogP contribution in [0.15, 0.2) is 33.4 Å². The van der Waals surface area contributed by atoms with E-state index in [1.807, 2.05) is 0 Å². The maximum absolute atomic E-state index is 11.7. The maximum atomic E-state index is 11.7. The molecule has 0 radical (unpaired) electrons. The molecule has 0 saturated carbocycles. The number of aromatic nitrogens is 2. The number of nitrogens with zero attached hydrogens (tertiary/aromatic N) is 2. The number of pyridine rings is 1. The van der Waals surface area contributed by atoms with Gasteiger partial charge in [0.1, 0.15) is 11.5 Å². The average molecular weight is 296 g/mol. The number of oxazole rings is 1. The van der Waals surface area contributed by atoms with Crippen LogP contribution in [0.3, 0.4) is 0 Å². The lowest BCUT2D eigenvalue weighted by Crippen LogP contribution is -2.23. The molecule has 0 spiro atoms. The Morgan fingerprint density at radius 2 is 2.24 bits per heavy atom. The van der Waals surface area contributed by atoms with Crippen LogP contribution in [0.4, 0.5) is 0 Å². The first-order chi connectivity index (χ1) is 8.15. The standard InChI is InChI=1S/C11H10BrN3O2/c1-7-4-14-10(17-7)6-15-11(16)9-3-2-8(12)5-13-9/h2-5H,6H2,1H3,(H,15,16). The highest BCUT2D eigenvalue weighted by atomic mass is 79.9. The van der Waals surface area contributed by atoms with Crippen LogP contribution in [0, 0.1) is 6.92 Å². The number of aryl methyl sites for hydroxylation is 1. The summed E-state index contributed by atoms with van der Waals surface area (Å²) in [6.45, 7) is 2.05. The number of halogens is 1. The summed E-state index contributed by atoms with van der Waals surface area (Å²) in [5, 5.41) is 2.68. The molecule has 0 atom stereocenters. The number of nitrogens with one attached hydrogen (secondary N) is 1. The van der Waals surface area contributed by atoms with E-state index in [0.717, 1.165) is 10.2 Å². The Bertz CT molecular complexity index is 522.